The quantitative estimate of drug-likeness (QED) is 0.627. The van der Waals surface area contributed by atoms with Crippen molar-refractivity contribution >= 4 is 0 Å². The lowest BCUT2D eigenvalue weighted by molar-refractivity contribution is -0.146. The third-order valence-electron chi connectivity index (χ3n) is 2.33. The summed E-state index contributed by atoms with van der Waals surface area (Å²) in [4.78, 5) is 1.46. The summed E-state index contributed by atoms with van der Waals surface area (Å²) in [6.07, 6.45) is -0.0583. The highest BCUT2D eigenvalue weighted by Crippen LogP contribution is 2.17. The van der Waals surface area contributed by atoms with Gasteiger partial charge >= 0.3 is 6.18 Å². The van der Waals surface area contributed by atoms with Crippen LogP contribution in [0.25, 0.3) is 0 Å². The maximum Gasteiger partial charge on any atom is 0.401 e. The molecule has 0 fully saturated rings. The third kappa shape index (κ3) is 10.2. The fraction of sp³-hybridized carbons (Fsp3) is 1.00. The van der Waals surface area contributed by atoms with E-state index in [1.54, 1.807) is 0 Å². The van der Waals surface area contributed by atoms with E-state index in [-0.39, 0.29) is 6.61 Å². The minimum absolute atomic E-state index is 0.168. The van der Waals surface area contributed by atoms with Gasteiger partial charge < -0.3 is 5.11 Å². The highest BCUT2D eigenvalue weighted by molar-refractivity contribution is 4.63. The van der Waals surface area contributed by atoms with E-state index in [1.165, 1.54) is 4.90 Å². The molecule has 0 aliphatic rings. The normalized spacial score (nSPS) is 12.4. The van der Waals surface area contributed by atoms with E-state index in [0.29, 0.717) is 13.1 Å². The molecule has 0 atom stereocenters. The number of hydrogen-bond acceptors (Lipinski definition) is 2. The van der Waals surface area contributed by atoms with Crippen molar-refractivity contribution in [2.75, 3.05) is 26.2 Å². The van der Waals surface area contributed by atoms with Gasteiger partial charge in [0.15, 0.2) is 0 Å². The largest absolute Gasteiger partial charge is 0.401 e. The van der Waals surface area contributed by atoms with E-state index in [0.717, 1.165) is 32.1 Å². The zero-order valence-electron chi connectivity index (χ0n) is 9.89. The van der Waals surface area contributed by atoms with Crippen LogP contribution >= 0.6 is 0 Å². The van der Waals surface area contributed by atoms with Crippen molar-refractivity contribution in [2.24, 2.45) is 0 Å². The molecule has 0 aromatic carbocycles. The summed E-state index contributed by atoms with van der Waals surface area (Å²) in [5, 5.41) is 8.55. The average molecular weight is 241 g/mol. The SMILES string of the molecule is CCCN(CCCCCCO)CC(F)(F)F. The monoisotopic (exact) mass is 241 g/mol. The Kier molecular flexibility index (Phi) is 8.66. The van der Waals surface area contributed by atoms with Crippen LogP contribution in [-0.4, -0.2) is 42.4 Å². The lowest BCUT2D eigenvalue weighted by atomic mass is 10.2. The van der Waals surface area contributed by atoms with Crippen LogP contribution in [0.15, 0.2) is 0 Å². The summed E-state index contributed by atoms with van der Waals surface area (Å²) in [6.45, 7) is 2.25. The summed E-state index contributed by atoms with van der Waals surface area (Å²) >= 11 is 0. The number of rotatable bonds is 9. The van der Waals surface area contributed by atoms with Gasteiger partial charge in [0, 0.05) is 6.61 Å². The summed E-state index contributed by atoms with van der Waals surface area (Å²) in [6, 6.07) is 0. The van der Waals surface area contributed by atoms with E-state index < -0.39 is 12.7 Å². The smallest absolute Gasteiger partial charge is 0.396 e. The first-order valence-electron chi connectivity index (χ1n) is 5.89. The van der Waals surface area contributed by atoms with Crippen molar-refractivity contribution < 1.29 is 18.3 Å². The second-order valence-corrected chi connectivity index (χ2v) is 4.03. The Morgan fingerprint density at radius 1 is 1.00 bits per heavy atom. The first kappa shape index (κ1) is 15.7. The molecule has 0 aliphatic carbocycles. The van der Waals surface area contributed by atoms with Gasteiger partial charge in [-0.1, -0.05) is 19.8 Å². The lowest BCUT2D eigenvalue weighted by Crippen LogP contribution is -2.35. The van der Waals surface area contributed by atoms with Gasteiger partial charge in [0.05, 0.1) is 6.54 Å². The van der Waals surface area contributed by atoms with Crippen LogP contribution in [0.4, 0.5) is 13.2 Å². The molecule has 0 spiro atoms. The van der Waals surface area contributed by atoms with Gasteiger partial charge in [0.2, 0.25) is 0 Å². The number of hydrogen-bond donors (Lipinski definition) is 1. The van der Waals surface area contributed by atoms with Crippen molar-refractivity contribution in [2.45, 2.75) is 45.2 Å². The fourth-order valence-electron chi connectivity index (χ4n) is 1.64. The predicted molar refractivity (Wildman–Crippen MR) is 58.3 cm³/mol. The molecule has 2 nitrogen and oxygen atoms in total. The second-order valence-electron chi connectivity index (χ2n) is 4.03. The number of halogens is 3. The van der Waals surface area contributed by atoms with Crippen LogP contribution in [-0.2, 0) is 0 Å². The van der Waals surface area contributed by atoms with Gasteiger partial charge in [-0.3, -0.25) is 4.90 Å². The maximum atomic E-state index is 12.2. The first-order chi connectivity index (χ1) is 7.49. The molecule has 0 unspecified atom stereocenters. The first-order valence-corrected chi connectivity index (χ1v) is 5.89. The van der Waals surface area contributed by atoms with Gasteiger partial charge in [0.1, 0.15) is 0 Å². The van der Waals surface area contributed by atoms with E-state index in [9.17, 15) is 13.2 Å². The number of aliphatic hydroxyl groups excluding tert-OH is 1. The molecule has 0 saturated carbocycles. The molecule has 16 heavy (non-hydrogen) atoms. The molecular formula is C11H22F3NO. The summed E-state index contributed by atoms with van der Waals surface area (Å²) in [5.41, 5.74) is 0. The Hall–Kier alpha value is -0.290. The van der Waals surface area contributed by atoms with Crippen LogP contribution in [0.2, 0.25) is 0 Å². The Morgan fingerprint density at radius 3 is 2.12 bits per heavy atom. The molecule has 0 radical (unpaired) electrons. The van der Waals surface area contributed by atoms with Crippen molar-refractivity contribution in [1.29, 1.82) is 0 Å². The average Bonchev–Trinajstić information content (AvgIpc) is 2.15. The molecule has 1 N–H and O–H groups in total. The number of aliphatic hydroxyl groups is 1. The van der Waals surface area contributed by atoms with Gasteiger partial charge in [-0.2, -0.15) is 13.2 Å². The highest BCUT2D eigenvalue weighted by Gasteiger charge is 2.29. The molecule has 0 amide bonds. The highest BCUT2D eigenvalue weighted by atomic mass is 19.4. The van der Waals surface area contributed by atoms with E-state index in [4.69, 9.17) is 5.11 Å². The maximum absolute atomic E-state index is 12.2. The van der Waals surface area contributed by atoms with Crippen LogP contribution in [0.1, 0.15) is 39.0 Å². The molecule has 0 aliphatic heterocycles. The molecule has 0 rings (SSSR count). The Bertz CT molecular complexity index is 162. The van der Waals surface area contributed by atoms with Crippen molar-refractivity contribution in [3.8, 4) is 0 Å². The fourth-order valence-corrected chi connectivity index (χ4v) is 1.64. The molecule has 0 bridgehead atoms. The van der Waals surface area contributed by atoms with Gasteiger partial charge in [-0.05, 0) is 32.4 Å². The van der Waals surface area contributed by atoms with Crippen molar-refractivity contribution in [3.63, 3.8) is 0 Å². The number of unbranched alkanes of at least 4 members (excludes halogenated alkanes) is 3. The predicted octanol–water partition coefficient (Wildman–Crippen LogP) is 2.81. The van der Waals surface area contributed by atoms with Crippen molar-refractivity contribution in [3.05, 3.63) is 0 Å². The van der Waals surface area contributed by atoms with E-state index >= 15 is 0 Å². The number of alkyl halides is 3. The summed E-state index contributed by atoms with van der Waals surface area (Å²) < 4.78 is 36.6. The Balaban J connectivity index is 3.68. The molecule has 98 valence electrons. The van der Waals surface area contributed by atoms with Crippen LogP contribution in [0.5, 0.6) is 0 Å². The van der Waals surface area contributed by atoms with Crippen molar-refractivity contribution in [1.82, 2.24) is 4.90 Å². The summed E-state index contributed by atoms with van der Waals surface area (Å²) in [7, 11) is 0. The topological polar surface area (TPSA) is 23.5 Å². The van der Waals surface area contributed by atoms with Gasteiger partial charge in [-0.25, -0.2) is 0 Å². The zero-order valence-corrected chi connectivity index (χ0v) is 9.89. The lowest BCUT2D eigenvalue weighted by Gasteiger charge is -2.22. The standard InChI is InChI=1S/C11H22F3NO/c1-2-7-15(10-11(12,13)14)8-5-3-4-6-9-16/h16H,2-10H2,1H3. The molecule has 0 aromatic heterocycles. The second kappa shape index (κ2) is 8.82. The molecule has 5 heteroatoms. The van der Waals surface area contributed by atoms with Gasteiger partial charge in [-0.15, -0.1) is 0 Å². The van der Waals surface area contributed by atoms with Gasteiger partial charge in [0.25, 0.3) is 0 Å². The minimum Gasteiger partial charge on any atom is -0.396 e. The van der Waals surface area contributed by atoms with E-state index in [2.05, 4.69) is 0 Å². The third-order valence-corrected chi connectivity index (χ3v) is 2.33. The van der Waals surface area contributed by atoms with Crippen LogP contribution in [0, 0.1) is 0 Å². The Morgan fingerprint density at radius 2 is 1.62 bits per heavy atom. The number of nitrogens with zero attached hydrogens (tertiary/aromatic N) is 1. The molecular weight excluding hydrogens is 219 g/mol. The van der Waals surface area contributed by atoms with Crippen LogP contribution < -0.4 is 0 Å². The molecule has 0 saturated heterocycles. The molecule has 0 aromatic rings. The molecule has 0 heterocycles. The Labute approximate surface area is 95.4 Å². The van der Waals surface area contributed by atoms with E-state index in [1.807, 2.05) is 6.92 Å². The zero-order chi connectivity index (χ0) is 12.4. The van der Waals surface area contributed by atoms with Crippen LogP contribution in [0.3, 0.4) is 0 Å². The summed E-state index contributed by atoms with van der Waals surface area (Å²) in [5.74, 6) is 0. The minimum atomic E-state index is -4.10.